The molecule has 1 heterocycles. The van der Waals surface area contributed by atoms with Gasteiger partial charge in [0.2, 0.25) is 0 Å². The molecular weight excluding hydrogens is 274 g/mol. The van der Waals surface area contributed by atoms with Gasteiger partial charge >= 0.3 is 6.09 Å². The molecular formula is C14H17N3O4. The average molecular weight is 291 g/mol. The number of hydrogen-bond acceptors (Lipinski definition) is 5. The maximum atomic E-state index is 11.4. The van der Waals surface area contributed by atoms with Crippen molar-refractivity contribution < 1.29 is 14.5 Å². The molecule has 1 aromatic heterocycles. The van der Waals surface area contributed by atoms with E-state index in [1.165, 1.54) is 12.3 Å². The molecule has 0 fully saturated rings. The first-order chi connectivity index (χ1) is 9.69. The van der Waals surface area contributed by atoms with Crippen molar-refractivity contribution in [2.75, 3.05) is 6.54 Å². The minimum Gasteiger partial charge on any atom is -0.444 e. The van der Waals surface area contributed by atoms with Gasteiger partial charge in [-0.25, -0.2) is 9.78 Å². The number of aromatic nitrogens is 1. The zero-order chi connectivity index (χ0) is 16.0. The van der Waals surface area contributed by atoms with Gasteiger partial charge in [0.15, 0.2) is 0 Å². The number of nitrogens with zero attached hydrogens (tertiary/aromatic N) is 2. The lowest BCUT2D eigenvalue weighted by molar-refractivity contribution is -0.385. The maximum absolute atomic E-state index is 11.4. The summed E-state index contributed by atoms with van der Waals surface area (Å²) >= 11 is 0. The number of carbonyl (C=O) groups excluding carboxylic acids is 1. The molecule has 0 radical (unpaired) electrons. The molecule has 0 atom stereocenters. The summed E-state index contributed by atoms with van der Waals surface area (Å²) in [5.74, 6) is 5.42. The van der Waals surface area contributed by atoms with Crippen LogP contribution in [0.4, 0.5) is 10.5 Å². The van der Waals surface area contributed by atoms with Crippen molar-refractivity contribution in [1.82, 2.24) is 10.3 Å². The highest BCUT2D eigenvalue weighted by molar-refractivity contribution is 5.68. The number of hydrogen-bond donors (Lipinski definition) is 1. The van der Waals surface area contributed by atoms with E-state index < -0.39 is 16.6 Å². The standard InChI is InChI=1S/C14H17N3O4/c1-10-8-11(16-9-12(10)17(19)20)6-5-7-15-13(18)21-14(2,3)4/h8-9H,7H2,1-4H3,(H,15,18). The van der Waals surface area contributed by atoms with Gasteiger partial charge in [0, 0.05) is 5.56 Å². The summed E-state index contributed by atoms with van der Waals surface area (Å²) < 4.78 is 5.04. The summed E-state index contributed by atoms with van der Waals surface area (Å²) in [6, 6.07) is 1.53. The molecule has 0 aliphatic carbocycles. The van der Waals surface area contributed by atoms with Crippen molar-refractivity contribution in [1.29, 1.82) is 0 Å². The Kier molecular flexibility index (Phi) is 5.24. The van der Waals surface area contributed by atoms with E-state index in [1.54, 1.807) is 27.7 Å². The van der Waals surface area contributed by atoms with Gasteiger partial charge in [-0.15, -0.1) is 0 Å². The molecule has 7 heteroatoms. The first-order valence-electron chi connectivity index (χ1n) is 6.26. The molecule has 1 N–H and O–H groups in total. The van der Waals surface area contributed by atoms with Crippen molar-refractivity contribution in [3.8, 4) is 11.8 Å². The molecule has 0 bridgehead atoms. The Morgan fingerprint density at radius 2 is 2.19 bits per heavy atom. The summed E-state index contributed by atoms with van der Waals surface area (Å²) in [6.07, 6.45) is 0.616. The van der Waals surface area contributed by atoms with Crippen LogP contribution in [0.2, 0.25) is 0 Å². The monoisotopic (exact) mass is 291 g/mol. The molecule has 1 rings (SSSR count). The highest BCUT2D eigenvalue weighted by Crippen LogP contribution is 2.15. The molecule has 0 aliphatic heterocycles. The highest BCUT2D eigenvalue weighted by Gasteiger charge is 2.15. The second-order valence-electron chi connectivity index (χ2n) is 5.27. The van der Waals surface area contributed by atoms with Gasteiger partial charge in [0.1, 0.15) is 17.5 Å². The van der Waals surface area contributed by atoms with Gasteiger partial charge in [0.05, 0.1) is 11.5 Å². The number of rotatable bonds is 2. The van der Waals surface area contributed by atoms with E-state index in [4.69, 9.17) is 4.74 Å². The number of amides is 1. The second-order valence-corrected chi connectivity index (χ2v) is 5.27. The van der Waals surface area contributed by atoms with Crippen molar-refractivity contribution >= 4 is 11.8 Å². The fourth-order valence-electron chi connectivity index (χ4n) is 1.37. The molecule has 112 valence electrons. The van der Waals surface area contributed by atoms with Crippen molar-refractivity contribution in [2.45, 2.75) is 33.3 Å². The lowest BCUT2D eigenvalue weighted by Crippen LogP contribution is -2.32. The van der Waals surface area contributed by atoms with E-state index in [0.717, 1.165) is 0 Å². The van der Waals surface area contributed by atoms with Crippen LogP contribution in [0, 0.1) is 28.9 Å². The zero-order valence-electron chi connectivity index (χ0n) is 12.4. The summed E-state index contributed by atoms with van der Waals surface area (Å²) in [7, 11) is 0. The van der Waals surface area contributed by atoms with Gasteiger partial charge in [-0.05, 0) is 39.7 Å². The normalized spacial score (nSPS) is 10.3. The number of nitrogens with one attached hydrogen (secondary N) is 1. The number of ether oxygens (including phenoxy) is 1. The van der Waals surface area contributed by atoms with E-state index in [2.05, 4.69) is 22.1 Å². The third-order valence-corrected chi connectivity index (χ3v) is 2.22. The Hall–Kier alpha value is -2.62. The molecule has 0 aromatic carbocycles. The topological polar surface area (TPSA) is 94.4 Å². The fraction of sp³-hybridized carbons (Fsp3) is 0.429. The number of alkyl carbamates (subject to hydrolysis) is 1. The number of pyridine rings is 1. The van der Waals surface area contributed by atoms with Crippen LogP contribution in [0.5, 0.6) is 0 Å². The van der Waals surface area contributed by atoms with Gasteiger partial charge in [0.25, 0.3) is 5.69 Å². The molecule has 0 spiro atoms. The average Bonchev–Trinajstić information content (AvgIpc) is 2.32. The van der Waals surface area contributed by atoms with Crippen molar-refractivity contribution in [2.24, 2.45) is 0 Å². The maximum Gasteiger partial charge on any atom is 0.408 e. The van der Waals surface area contributed by atoms with E-state index in [1.807, 2.05) is 0 Å². The first-order valence-corrected chi connectivity index (χ1v) is 6.26. The Morgan fingerprint density at radius 3 is 2.71 bits per heavy atom. The molecule has 0 aliphatic rings. The van der Waals surface area contributed by atoms with Crippen molar-refractivity contribution in [3.63, 3.8) is 0 Å². The van der Waals surface area contributed by atoms with Gasteiger partial charge in [-0.3, -0.25) is 10.1 Å². The van der Waals surface area contributed by atoms with E-state index >= 15 is 0 Å². The number of carbonyl (C=O) groups is 1. The predicted octanol–water partition coefficient (Wildman–Crippen LogP) is 2.17. The zero-order valence-corrected chi connectivity index (χ0v) is 12.4. The van der Waals surface area contributed by atoms with Gasteiger partial charge < -0.3 is 10.1 Å². The molecule has 1 aromatic rings. The minimum atomic E-state index is -0.561. The van der Waals surface area contributed by atoms with Crippen LogP contribution in [0.25, 0.3) is 0 Å². The minimum absolute atomic E-state index is 0.0487. The third kappa shape index (κ3) is 5.91. The lowest BCUT2D eigenvalue weighted by Gasteiger charge is -2.18. The van der Waals surface area contributed by atoms with Gasteiger partial charge in [-0.1, -0.05) is 5.92 Å². The van der Waals surface area contributed by atoms with Crippen LogP contribution in [0.15, 0.2) is 12.3 Å². The molecule has 0 saturated heterocycles. The Bertz CT molecular complexity index is 609. The Labute approximate surface area is 122 Å². The van der Waals surface area contributed by atoms with Crippen LogP contribution in [-0.4, -0.2) is 28.1 Å². The second kappa shape index (κ2) is 6.70. The highest BCUT2D eigenvalue weighted by atomic mass is 16.6. The first kappa shape index (κ1) is 16.4. The van der Waals surface area contributed by atoms with Crippen LogP contribution in [0.1, 0.15) is 32.0 Å². The van der Waals surface area contributed by atoms with Crippen LogP contribution in [-0.2, 0) is 4.74 Å². The van der Waals surface area contributed by atoms with Crippen LogP contribution >= 0.6 is 0 Å². The van der Waals surface area contributed by atoms with Crippen molar-refractivity contribution in [3.05, 3.63) is 33.6 Å². The smallest absolute Gasteiger partial charge is 0.408 e. The van der Waals surface area contributed by atoms with Crippen LogP contribution < -0.4 is 5.32 Å². The molecule has 21 heavy (non-hydrogen) atoms. The summed E-state index contributed by atoms with van der Waals surface area (Å²) in [5.41, 5.74) is 0.282. The number of nitro groups is 1. The Balaban J connectivity index is 2.58. The molecule has 1 amide bonds. The third-order valence-electron chi connectivity index (χ3n) is 2.22. The SMILES string of the molecule is Cc1cc(C#CCNC(=O)OC(C)(C)C)ncc1[N+](=O)[O-]. The number of aryl methyl sites for hydroxylation is 1. The molecule has 0 unspecified atom stereocenters. The largest absolute Gasteiger partial charge is 0.444 e. The summed E-state index contributed by atoms with van der Waals surface area (Å²) in [5, 5.41) is 13.1. The quantitative estimate of drug-likeness (QED) is 0.512. The van der Waals surface area contributed by atoms with Crippen LogP contribution in [0.3, 0.4) is 0 Å². The molecule has 0 saturated carbocycles. The molecule has 7 nitrogen and oxygen atoms in total. The van der Waals surface area contributed by atoms with E-state index in [-0.39, 0.29) is 12.2 Å². The van der Waals surface area contributed by atoms with E-state index in [9.17, 15) is 14.9 Å². The predicted molar refractivity (Wildman–Crippen MR) is 76.7 cm³/mol. The van der Waals surface area contributed by atoms with E-state index in [0.29, 0.717) is 11.3 Å². The summed E-state index contributed by atoms with van der Waals surface area (Å²) in [6.45, 7) is 7.02. The summed E-state index contributed by atoms with van der Waals surface area (Å²) in [4.78, 5) is 25.4. The lowest BCUT2D eigenvalue weighted by atomic mass is 10.2. The fourth-order valence-corrected chi connectivity index (χ4v) is 1.37. The van der Waals surface area contributed by atoms with Gasteiger partial charge in [-0.2, -0.15) is 0 Å². The Morgan fingerprint density at radius 1 is 1.52 bits per heavy atom.